The summed E-state index contributed by atoms with van der Waals surface area (Å²) in [7, 11) is -2.01. The lowest BCUT2D eigenvalue weighted by molar-refractivity contribution is -0.137. The summed E-state index contributed by atoms with van der Waals surface area (Å²) in [4.78, 5) is 10.8. The van der Waals surface area contributed by atoms with Gasteiger partial charge in [-0.1, -0.05) is 6.07 Å². The van der Waals surface area contributed by atoms with E-state index in [9.17, 15) is 13.2 Å². The van der Waals surface area contributed by atoms with E-state index in [1.165, 1.54) is 17.5 Å². The zero-order valence-electron chi connectivity index (χ0n) is 12.6. The Morgan fingerprint density at radius 1 is 1.36 bits per heavy atom. The van der Waals surface area contributed by atoms with Crippen molar-refractivity contribution < 1.29 is 23.1 Å². The molecule has 0 aliphatic carbocycles. The van der Waals surface area contributed by atoms with E-state index in [1.807, 2.05) is 0 Å². The molecule has 0 aromatic heterocycles. The lowest BCUT2D eigenvalue weighted by Gasteiger charge is -2.31. The molecule has 0 saturated carbocycles. The molecule has 1 aliphatic rings. The fraction of sp³-hybridized carbons (Fsp3) is 0.533. The van der Waals surface area contributed by atoms with E-state index in [1.54, 1.807) is 18.2 Å². The second kappa shape index (κ2) is 7.11. The molecule has 122 valence electrons. The number of methoxy groups -OCH3 is 1. The first-order valence-corrected chi connectivity index (χ1v) is 8.73. The Hall–Kier alpha value is -1.60. The summed E-state index contributed by atoms with van der Waals surface area (Å²) in [6, 6.07) is 6.45. The molecular weight excluding hydrogens is 306 g/mol. The molecule has 6 nitrogen and oxygen atoms in total. The Kier molecular flexibility index (Phi) is 5.42. The minimum atomic E-state index is -3.51. The fourth-order valence-electron chi connectivity index (χ4n) is 2.68. The van der Waals surface area contributed by atoms with Crippen LogP contribution >= 0.6 is 0 Å². The Bertz CT molecular complexity index is 621. The van der Waals surface area contributed by atoms with Gasteiger partial charge in [-0.05, 0) is 37.3 Å². The molecule has 1 heterocycles. The summed E-state index contributed by atoms with van der Waals surface area (Å²) < 4.78 is 31.8. The maximum atomic E-state index is 12.6. The number of carboxylic acid groups (broad SMARTS) is 1. The summed E-state index contributed by atoms with van der Waals surface area (Å²) in [5.74, 6) is -0.00305. The summed E-state index contributed by atoms with van der Waals surface area (Å²) in [6.07, 6.45) is 2.17. The average Bonchev–Trinajstić information content (AvgIpc) is 2.53. The molecule has 1 N–H and O–H groups in total. The van der Waals surface area contributed by atoms with E-state index in [0.717, 1.165) is 0 Å². The van der Waals surface area contributed by atoms with Crippen LogP contribution in [0.25, 0.3) is 0 Å². The number of aliphatic carboxylic acids is 1. The first-order chi connectivity index (χ1) is 10.4. The van der Waals surface area contributed by atoms with Gasteiger partial charge < -0.3 is 9.84 Å². The Morgan fingerprint density at radius 2 is 2.05 bits per heavy atom. The van der Waals surface area contributed by atoms with Crippen molar-refractivity contribution >= 4 is 16.0 Å². The van der Waals surface area contributed by atoms with Crippen molar-refractivity contribution in [3.63, 3.8) is 0 Å². The van der Waals surface area contributed by atoms with Crippen LogP contribution in [-0.2, 0) is 14.8 Å². The van der Waals surface area contributed by atoms with Gasteiger partial charge in [0.05, 0.1) is 12.0 Å². The molecular formula is C15H21NO5S. The van der Waals surface area contributed by atoms with Gasteiger partial charge in [-0.15, -0.1) is 0 Å². The van der Waals surface area contributed by atoms with Gasteiger partial charge in [0.25, 0.3) is 0 Å². The number of sulfonamides is 1. The molecule has 7 heteroatoms. The summed E-state index contributed by atoms with van der Waals surface area (Å²) in [6.45, 7) is 0.869. The number of carboxylic acids is 1. The molecule has 0 unspecified atom stereocenters. The topological polar surface area (TPSA) is 83.9 Å². The van der Waals surface area contributed by atoms with Gasteiger partial charge in [0.2, 0.25) is 10.0 Å². The predicted molar refractivity (Wildman–Crippen MR) is 81.3 cm³/mol. The third-order valence-corrected chi connectivity index (χ3v) is 5.91. The highest BCUT2D eigenvalue weighted by atomic mass is 32.2. The van der Waals surface area contributed by atoms with Gasteiger partial charge in [0.1, 0.15) is 5.75 Å². The predicted octanol–water partition coefficient (Wildman–Crippen LogP) is 1.96. The van der Waals surface area contributed by atoms with Gasteiger partial charge in [0, 0.05) is 25.6 Å². The minimum Gasteiger partial charge on any atom is -0.497 e. The molecule has 0 spiro atoms. The van der Waals surface area contributed by atoms with Crippen LogP contribution in [-0.4, -0.2) is 44.0 Å². The highest BCUT2D eigenvalue weighted by molar-refractivity contribution is 7.89. The Labute approximate surface area is 130 Å². The van der Waals surface area contributed by atoms with E-state index in [2.05, 4.69) is 0 Å². The lowest BCUT2D eigenvalue weighted by Crippen LogP contribution is -2.38. The normalized spacial score (nSPS) is 17.3. The second-order valence-corrected chi connectivity index (χ2v) is 7.40. The Morgan fingerprint density at radius 3 is 2.64 bits per heavy atom. The molecule has 0 amide bonds. The van der Waals surface area contributed by atoms with E-state index in [4.69, 9.17) is 9.84 Å². The number of benzene rings is 1. The van der Waals surface area contributed by atoms with Crippen molar-refractivity contribution in [3.05, 3.63) is 24.3 Å². The monoisotopic (exact) mass is 327 g/mol. The number of hydrogen-bond acceptors (Lipinski definition) is 4. The molecule has 1 aromatic rings. The van der Waals surface area contributed by atoms with Crippen LogP contribution in [0.4, 0.5) is 0 Å². The van der Waals surface area contributed by atoms with Crippen molar-refractivity contribution in [2.75, 3.05) is 20.2 Å². The summed E-state index contributed by atoms with van der Waals surface area (Å²) in [5.41, 5.74) is 0. The van der Waals surface area contributed by atoms with Crippen molar-refractivity contribution in [2.24, 2.45) is 5.92 Å². The van der Waals surface area contributed by atoms with Gasteiger partial charge in [0.15, 0.2) is 0 Å². The first kappa shape index (κ1) is 16.8. The summed E-state index contributed by atoms with van der Waals surface area (Å²) >= 11 is 0. The van der Waals surface area contributed by atoms with Crippen molar-refractivity contribution in [1.29, 1.82) is 0 Å². The number of piperidine rings is 1. The van der Waals surface area contributed by atoms with Crippen molar-refractivity contribution in [2.45, 2.75) is 30.6 Å². The molecule has 1 aliphatic heterocycles. The van der Waals surface area contributed by atoms with Crippen molar-refractivity contribution in [1.82, 2.24) is 4.31 Å². The van der Waals surface area contributed by atoms with Crippen molar-refractivity contribution in [3.8, 4) is 5.75 Å². The molecule has 22 heavy (non-hydrogen) atoms. The number of hydrogen-bond donors (Lipinski definition) is 1. The van der Waals surface area contributed by atoms with E-state index in [0.29, 0.717) is 38.1 Å². The average molecular weight is 327 g/mol. The Balaban J connectivity index is 2.01. The van der Waals surface area contributed by atoms with E-state index < -0.39 is 16.0 Å². The van der Waals surface area contributed by atoms with Gasteiger partial charge in [-0.2, -0.15) is 4.31 Å². The van der Waals surface area contributed by atoms with Crippen LogP contribution in [0.2, 0.25) is 0 Å². The highest BCUT2D eigenvalue weighted by Crippen LogP contribution is 2.27. The van der Waals surface area contributed by atoms with Gasteiger partial charge in [-0.25, -0.2) is 8.42 Å². The largest absolute Gasteiger partial charge is 0.497 e. The van der Waals surface area contributed by atoms with E-state index in [-0.39, 0.29) is 17.2 Å². The molecule has 1 fully saturated rings. The zero-order chi connectivity index (χ0) is 16.2. The number of nitrogens with zero attached hydrogens (tertiary/aromatic N) is 1. The fourth-order valence-corrected chi connectivity index (χ4v) is 4.18. The molecule has 2 rings (SSSR count). The smallest absolute Gasteiger partial charge is 0.303 e. The number of ether oxygens (including phenoxy) is 1. The van der Waals surface area contributed by atoms with E-state index >= 15 is 0 Å². The molecule has 0 radical (unpaired) electrons. The number of rotatable bonds is 6. The third-order valence-electron chi connectivity index (χ3n) is 4.02. The maximum absolute atomic E-state index is 12.6. The highest BCUT2D eigenvalue weighted by Gasteiger charge is 2.29. The standard InChI is InChI=1S/C15H21NO5S/c1-21-13-3-2-4-14(11-13)22(19,20)16-9-7-12(8-10-16)5-6-15(17)18/h2-4,11-12H,5-10H2,1H3,(H,17,18). The van der Waals surface area contributed by atoms with Crippen LogP contribution in [0.5, 0.6) is 5.75 Å². The van der Waals surface area contributed by atoms with Crippen LogP contribution in [0.3, 0.4) is 0 Å². The number of carbonyl (C=O) groups is 1. The van der Waals surface area contributed by atoms with Crippen LogP contribution in [0, 0.1) is 5.92 Å². The zero-order valence-corrected chi connectivity index (χ0v) is 13.4. The molecule has 1 aromatic carbocycles. The second-order valence-electron chi connectivity index (χ2n) is 5.46. The molecule has 0 atom stereocenters. The minimum absolute atomic E-state index is 0.146. The first-order valence-electron chi connectivity index (χ1n) is 7.29. The molecule has 0 bridgehead atoms. The molecule has 1 saturated heterocycles. The van der Waals surface area contributed by atoms with Crippen LogP contribution in [0.15, 0.2) is 29.2 Å². The van der Waals surface area contributed by atoms with Crippen LogP contribution < -0.4 is 4.74 Å². The lowest BCUT2D eigenvalue weighted by atomic mass is 9.93. The van der Waals surface area contributed by atoms with Gasteiger partial charge >= 0.3 is 5.97 Å². The van der Waals surface area contributed by atoms with Gasteiger partial charge in [-0.3, -0.25) is 4.79 Å². The SMILES string of the molecule is COc1cccc(S(=O)(=O)N2CCC(CCC(=O)O)CC2)c1. The third kappa shape index (κ3) is 3.98. The van der Waals surface area contributed by atoms with Crippen LogP contribution in [0.1, 0.15) is 25.7 Å². The summed E-state index contributed by atoms with van der Waals surface area (Å²) in [5, 5.41) is 8.71. The quantitative estimate of drug-likeness (QED) is 0.863. The maximum Gasteiger partial charge on any atom is 0.303 e.